The minimum atomic E-state index is 0.781. The second-order valence-corrected chi connectivity index (χ2v) is 2.60. The van der Waals surface area contributed by atoms with E-state index in [2.05, 4.69) is 0 Å². The summed E-state index contributed by atoms with van der Waals surface area (Å²) in [7, 11) is 1.63. The van der Waals surface area contributed by atoms with Crippen molar-refractivity contribution < 1.29 is 4.84 Å². The number of anilines is 1. The van der Waals surface area contributed by atoms with Crippen LogP contribution < -0.4 is 10.6 Å². The van der Waals surface area contributed by atoms with Gasteiger partial charge < -0.3 is 10.6 Å². The van der Waals surface area contributed by atoms with Crippen molar-refractivity contribution in [1.29, 1.82) is 0 Å². The van der Waals surface area contributed by atoms with E-state index in [1.165, 1.54) is 0 Å². The lowest BCUT2D eigenvalue weighted by atomic mass is 10.2. The van der Waals surface area contributed by atoms with E-state index in [0.29, 0.717) is 0 Å². The van der Waals surface area contributed by atoms with Crippen LogP contribution in [-0.2, 0) is 0 Å². The maximum absolute atomic E-state index is 5.76. The van der Waals surface area contributed by atoms with Crippen molar-refractivity contribution in [2.24, 2.45) is 0 Å². The molecule has 0 spiro atoms. The molecule has 3 nitrogen and oxygen atoms in total. The maximum Gasteiger partial charge on any atom is 0.104 e. The average Bonchev–Trinajstić information content (AvgIpc) is 2.49. The Bertz CT molecular complexity index is 406. The first kappa shape index (κ1) is 7.03. The molecule has 0 fully saturated rings. The van der Waals surface area contributed by atoms with E-state index >= 15 is 0 Å². The Hall–Kier alpha value is -1.64. The molecule has 2 N–H and O–H groups in total. The standard InChI is InChI=1S/C9H10N2O/c1-12-11-6-5-7-8(10)3-2-4-9(7)11/h2-6H,10H2,1H3. The molecule has 0 saturated carbocycles. The molecule has 2 aromatic rings. The van der Waals surface area contributed by atoms with Crippen molar-refractivity contribution in [3.05, 3.63) is 30.5 Å². The molecule has 62 valence electrons. The quantitative estimate of drug-likeness (QED) is 0.642. The van der Waals surface area contributed by atoms with Gasteiger partial charge >= 0.3 is 0 Å². The number of hydrogen-bond donors (Lipinski definition) is 1. The average molecular weight is 162 g/mol. The van der Waals surface area contributed by atoms with Crippen LogP contribution in [0.1, 0.15) is 0 Å². The lowest BCUT2D eigenvalue weighted by molar-refractivity contribution is 0.179. The van der Waals surface area contributed by atoms with Crippen LogP contribution in [-0.4, -0.2) is 11.8 Å². The molecule has 2 rings (SSSR count). The summed E-state index contributed by atoms with van der Waals surface area (Å²) in [5.74, 6) is 0. The zero-order chi connectivity index (χ0) is 8.55. The monoisotopic (exact) mass is 162 g/mol. The number of nitrogen functional groups attached to an aromatic ring is 1. The number of nitrogens with two attached hydrogens (primary N) is 1. The van der Waals surface area contributed by atoms with E-state index in [1.807, 2.05) is 30.5 Å². The summed E-state index contributed by atoms with van der Waals surface area (Å²) < 4.78 is 1.69. The first-order chi connectivity index (χ1) is 5.83. The van der Waals surface area contributed by atoms with Gasteiger partial charge in [0.25, 0.3) is 0 Å². The smallest absolute Gasteiger partial charge is 0.104 e. The minimum absolute atomic E-state index is 0.781. The SMILES string of the molecule is COn1ccc2c(N)cccc21. The fraction of sp³-hybridized carbons (Fsp3) is 0.111. The van der Waals surface area contributed by atoms with E-state index in [9.17, 15) is 0 Å². The van der Waals surface area contributed by atoms with Gasteiger partial charge in [0.2, 0.25) is 0 Å². The molecule has 3 heteroatoms. The van der Waals surface area contributed by atoms with Crippen LogP contribution in [0.5, 0.6) is 0 Å². The second kappa shape index (κ2) is 2.44. The van der Waals surface area contributed by atoms with Gasteiger partial charge in [0.05, 0.1) is 5.52 Å². The highest BCUT2D eigenvalue weighted by molar-refractivity contribution is 5.90. The summed E-state index contributed by atoms with van der Waals surface area (Å²) in [6, 6.07) is 7.69. The van der Waals surface area contributed by atoms with E-state index in [-0.39, 0.29) is 0 Å². The first-order valence-corrected chi connectivity index (χ1v) is 3.73. The molecule has 12 heavy (non-hydrogen) atoms. The molecule has 0 aliphatic rings. The van der Waals surface area contributed by atoms with Crippen LogP contribution in [0, 0.1) is 0 Å². The Balaban J connectivity index is 2.80. The van der Waals surface area contributed by atoms with Gasteiger partial charge in [-0.05, 0) is 18.2 Å². The van der Waals surface area contributed by atoms with Gasteiger partial charge in [-0.2, -0.15) is 4.73 Å². The van der Waals surface area contributed by atoms with Gasteiger partial charge in [-0.3, -0.25) is 0 Å². The van der Waals surface area contributed by atoms with Gasteiger partial charge in [0, 0.05) is 17.3 Å². The second-order valence-electron chi connectivity index (χ2n) is 2.60. The summed E-state index contributed by atoms with van der Waals surface area (Å²) in [4.78, 5) is 5.08. The Morgan fingerprint density at radius 1 is 1.33 bits per heavy atom. The summed E-state index contributed by atoms with van der Waals surface area (Å²) >= 11 is 0. The van der Waals surface area contributed by atoms with Crippen LogP contribution in [0.4, 0.5) is 5.69 Å². The molecule has 1 aromatic heterocycles. The predicted octanol–water partition coefficient (Wildman–Crippen LogP) is 1.28. The highest BCUT2D eigenvalue weighted by Crippen LogP contribution is 2.20. The highest BCUT2D eigenvalue weighted by Gasteiger charge is 2.01. The van der Waals surface area contributed by atoms with Crippen LogP contribution in [0.2, 0.25) is 0 Å². The summed E-state index contributed by atoms with van der Waals surface area (Å²) in [5, 5.41) is 1.03. The Morgan fingerprint density at radius 3 is 2.92 bits per heavy atom. The zero-order valence-corrected chi connectivity index (χ0v) is 6.82. The predicted molar refractivity (Wildman–Crippen MR) is 48.9 cm³/mol. The molecule has 1 aromatic carbocycles. The molecule has 0 aliphatic carbocycles. The number of fused-ring (bicyclic) bond motifs is 1. The summed E-state index contributed by atoms with van der Waals surface area (Å²) in [6.45, 7) is 0. The zero-order valence-electron chi connectivity index (χ0n) is 6.82. The number of nitrogens with zero attached hydrogens (tertiary/aromatic N) is 1. The van der Waals surface area contributed by atoms with Crippen LogP contribution in [0.25, 0.3) is 10.9 Å². The van der Waals surface area contributed by atoms with Gasteiger partial charge in [-0.1, -0.05) is 6.07 Å². The van der Waals surface area contributed by atoms with E-state index in [0.717, 1.165) is 16.6 Å². The van der Waals surface area contributed by atoms with Crippen LogP contribution in [0.3, 0.4) is 0 Å². The largest absolute Gasteiger partial charge is 0.417 e. The minimum Gasteiger partial charge on any atom is -0.417 e. The highest BCUT2D eigenvalue weighted by atomic mass is 16.6. The van der Waals surface area contributed by atoms with Gasteiger partial charge in [-0.25, -0.2) is 0 Å². The van der Waals surface area contributed by atoms with E-state index in [4.69, 9.17) is 10.6 Å². The maximum atomic E-state index is 5.76. The number of rotatable bonds is 1. The fourth-order valence-electron chi connectivity index (χ4n) is 1.33. The molecule has 0 amide bonds. The lowest BCUT2D eigenvalue weighted by Gasteiger charge is -2.01. The normalized spacial score (nSPS) is 10.4. The Labute approximate surface area is 70.3 Å². The third-order valence-corrected chi connectivity index (χ3v) is 1.93. The molecule has 0 atom stereocenters. The molecule has 0 radical (unpaired) electrons. The third-order valence-electron chi connectivity index (χ3n) is 1.93. The van der Waals surface area contributed by atoms with Gasteiger partial charge in [0.1, 0.15) is 7.11 Å². The van der Waals surface area contributed by atoms with Crippen molar-refractivity contribution in [1.82, 2.24) is 4.73 Å². The van der Waals surface area contributed by atoms with Gasteiger partial charge in [-0.15, -0.1) is 0 Å². The van der Waals surface area contributed by atoms with Crippen molar-refractivity contribution in [2.75, 3.05) is 12.8 Å². The third kappa shape index (κ3) is 0.830. The molecule has 0 saturated heterocycles. The van der Waals surface area contributed by atoms with Crippen molar-refractivity contribution in [3.63, 3.8) is 0 Å². The van der Waals surface area contributed by atoms with Crippen molar-refractivity contribution in [2.45, 2.75) is 0 Å². The Kier molecular flexibility index (Phi) is 1.43. The molecule has 0 bridgehead atoms. The number of benzene rings is 1. The van der Waals surface area contributed by atoms with E-state index in [1.54, 1.807) is 11.8 Å². The molecule has 0 aliphatic heterocycles. The fourth-order valence-corrected chi connectivity index (χ4v) is 1.33. The molecular formula is C9H10N2O. The van der Waals surface area contributed by atoms with Crippen molar-refractivity contribution in [3.8, 4) is 0 Å². The van der Waals surface area contributed by atoms with Crippen LogP contribution in [0.15, 0.2) is 30.5 Å². The summed E-state index contributed by atoms with van der Waals surface area (Å²) in [5.41, 5.74) is 7.53. The molecular weight excluding hydrogens is 152 g/mol. The molecule has 0 unspecified atom stereocenters. The summed E-state index contributed by atoms with van der Waals surface area (Å²) in [6.07, 6.45) is 1.85. The molecule has 1 heterocycles. The van der Waals surface area contributed by atoms with E-state index < -0.39 is 0 Å². The van der Waals surface area contributed by atoms with Crippen molar-refractivity contribution >= 4 is 16.6 Å². The van der Waals surface area contributed by atoms with Gasteiger partial charge in [0.15, 0.2) is 0 Å². The number of aromatic nitrogens is 1. The first-order valence-electron chi connectivity index (χ1n) is 3.73. The topological polar surface area (TPSA) is 40.2 Å². The van der Waals surface area contributed by atoms with Crippen LogP contribution >= 0.6 is 0 Å². The Morgan fingerprint density at radius 2 is 2.17 bits per heavy atom. The number of hydrogen-bond acceptors (Lipinski definition) is 2. The lowest BCUT2D eigenvalue weighted by Crippen LogP contribution is -2.02.